The van der Waals surface area contributed by atoms with E-state index in [-0.39, 0.29) is 5.69 Å². The molecule has 4 rings (SSSR count). The second-order valence-corrected chi connectivity index (χ2v) is 8.19. The predicted molar refractivity (Wildman–Crippen MR) is 125 cm³/mol. The van der Waals surface area contributed by atoms with Crippen LogP contribution in [0.4, 0.5) is 0 Å². The second kappa shape index (κ2) is 8.20. The maximum atomic E-state index is 13.0. The van der Waals surface area contributed by atoms with E-state index >= 15 is 0 Å². The number of nitrogens with zero attached hydrogens (tertiary/aromatic N) is 4. The summed E-state index contributed by atoms with van der Waals surface area (Å²) < 4.78 is 8.43. The average molecular weight is 425 g/mol. The summed E-state index contributed by atoms with van der Waals surface area (Å²) in [7, 11) is 3.37. The van der Waals surface area contributed by atoms with Gasteiger partial charge >= 0.3 is 5.69 Å². The molecular weight excluding hydrogens is 400 g/mol. The SMILES string of the molecule is COc1ccc(-c2ccnc(-c3cn(C)c(=O)n3-c3ccc(C(C)(C)C#N)cc3)c2)cc1. The van der Waals surface area contributed by atoms with Gasteiger partial charge in [-0.2, -0.15) is 5.26 Å². The van der Waals surface area contributed by atoms with Crippen molar-refractivity contribution in [3.63, 3.8) is 0 Å². The van der Waals surface area contributed by atoms with Crippen LogP contribution in [0.1, 0.15) is 19.4 Å². The van der Waals surface area contributed by atoms with Crippen molar-refractivity contribution in [2.75, 3.05) is 7.11 Å². The van der Waals surface area contributed by atoms with E-state index in [0.717, 1.165) is 28.1 Å². The van der Waals surface area contributed by atoms with Crippen molar-refractivity contribution >= 4 is 0 Å². The van der Waals surface area contributed by atoms with Crippen molar-refractivity contribution < 1.29 is 4.74 Å². The molecule has 0 amide bonds. The van der Waals surface area contributed by atoms with E-state index in [1.54, 1.807) is 35.7 Å². The minimum absolute atomic E-state index is 0.163. The summed E-state index contributed by atoms with van der Waals surface area (Å²) in [6, 6.07) is 21.6. The number of pyridine rings is 1. The van der Waals surface area contributed by atoms with Crippen molar-refractivity contribution in [1.29, 1.82) is 5.26 Å². The van der Waals surface area contributed by atoms with Crippen molar-refractivity contribution in [3.05, 3.63) is 89.1 Å². The highest BCUT2D eigenvalue weighted by Gasteiger charge is 2.20. The minimum atomic E-state index is -0.600. The van der Waals surface area contributed by atoms with Gasteiger partial charge in [-0.1, -0.05) is 24.3 Å². The number of rotatable bonds is 5. The Bertz CT molecular complexity index is 1350. The standard InChI is InChI=1S/C26H24N4O2/c1-26(2,17-27)20-7-9-21(10-8-20)30-24(16-29(3)25(30)31)23-15-19(13-14-28-23)18-5-11-22(32-4)12-6-18/h5-16H,1-4H3. The quantitative estimate of drug-likeness (QED) is 0.465. The van der Waals surface area contributed by atoms with Crippen LogP contribution in [0.5, 0.6) is 5.75 Å². The molecule has 0 aliphatic carbocycles. The second-order valence-electron chi connectivity index (χ2n) is 8.19. The van der Waals surface area contributed by atoms with Gasteiger partial charge in [-0.05, 0) is 66.9 Å². The Morgan fingerprint density at radius 3 is 2.31 bits per heavy atom. The number of nitriles is 1. The molecule has 0 spiro atoms. The summed E-state index contributed by atoms with van der Waals surface area (Å²) in [5.41, 5.74) is 4.27. The number of aryl methyl sites for hydroxylation is 1. The van der Waals surface area contributed by atoms with Crippen molar-refractivity contribution in [1.82, 2.24) is 14.1 Å². The van der Waals surface area contributed by atoms with Gasteiger partial charge in [0.05, 0.1) is 35.7 Å². The lowest BCUT2D eigenvalue weighted by Gasteiger charge is -2.16. The fourth-order valence-electron chi connectivity index (χ4n) is 3.61. The summed E-state index contributed by atoms with van der Waals surface area (Å²) in [5.74, 6) is 0.794. The largest absolute Gasteiger partial charge is 0.497 e. The zero-order valence-electron chi connectivity index (χ0n) is 18.5. The van der Waals surface area contributed by atoms with Gasteiger partial charge in [0.25, 0.3) is 0 Å². The summed E-state index contributed by atoms with van der Waals surface area (Å²) in [4.78, 5) is 17.5. The lowest BCUT2D eigenvalue weighted by atomic mass is 9.86. The van der Waals surface area contributed by atoms with Gasteiger partial charge in [0.2, 0.25) is 0 Å². The third kappa shape index (κ3) is 3.81. The van der Waals surface area contributed by atoms with Gasteiger partial charge in [0.1, 0.15) is 5.75 Å². The van der Waals surface area contributed by atoms with Gasteiger partial charge in [0.15, 0.2) is 0 Å². The first kappa shape index (κ1) is 21.1. The Labute approximate surface area is 187 Å². The summed E-state index contributed by atoms with van der Waals surface area (Å²) in [5, 5.41) is 9.40. The third-order valence-corrected chi connectivity index (χ3v) is 5.62. The molecule has 0 saturated heterocycles. The van der Waals surface area contributed by atoms with E-state index in [2.05, 4.69) is 11.1 Å². The van der Waals surface area contributed by atoms with E-state index in [1.807, 2.05) is 74.5 Å². The molecule has 0 aliphatic heterocycles. The van der Waals surface area contributed by atoms with Crippen molar-refractivity contribution in [2.24, 2.45) is 7.05 Å². The van der Waals surface area contributed by atoms with Crippen LogP contribution in [-0.2, 0) is 12.5 Å². The highest BCUT2D eigenvalue weighted by Crippen LogP contribution is 2.28. The molecule has 6 heteroatoms. The van der Waals surface area contributed by atoms with Crippen LogP contribution in [0.15, 0.2) is 77.9 Å². The Morgan fingerprint density at radius 2 is 1.69 bits per heavy atom. The molecule has 0 aliphatic rings. The van der Waals surface area contributed by atoms with Gasteiger partial charge in [-0.15, -0.1) is 0 Å². The summed E-state index contributed by atoms with van der Waals surface area (Å²) in [6.45, 7) is 3.74. The third-order valence-electron chi connectivity index (χ3n) is 5.62. The lowest BCUT2D eigenvalue weighted by Crippen LogP contribution is -2.21. The van der Waals surface area contributed by atoms with Gasteiger partial charge in [-0.25, -0.2) is 4.79 Å². The van der Waals surface area contributed by atoms with E-state index in [1.165, 1.54) is 0 Å². The number of hydrogen-bond donors (Lipinski definition) is 0. The van der Waals surface area contributed by atoms with Crippen molar-refractivity contribution in [2.45, 2.75) is 19.3 Å². The van der Waals surface area contributed by atoms with Crippen LogP contribution < -0.4 is 10.4 Å². The highest BCUT2D eigenvalue weighted by atomic mass is 16.5. The molecule has 0 bridgehead atoms. The zero-order chi connectivity index (χ0) is 22.9. The van der Waals surface area contributed by atoms with Gasteiger partial charge in [0, 0.05) is 19.4 Å². The average Bonchev–Trinajstić information content (AvgIpc) is 3.13. The topological polar surface area (TPSA) is 72.8 Å². The highest BCUT2D eigenvalue weighted by molar-refractivity contribution is 5.70. The number of methoxy groups -OCH3 is 1. The number of hydrogen-bond acceptors (Lipinski definition) is 4. The van der Waals surface area contributed by atoms with Gasteiger partial charge in [-0.3, -0.25) is 9.55 Å². The Balaban J connectivity index is 1.79. The van der Waals surface area contributed by atoms with E-state index in [4.69, 9.17) is 4.74 Å². The van der Waals surface area contributed by atoms with Crippen LogP contribution in [-0.4, -0.2) is 21.2 Å². The molecule has 4 aromatic rings. The molecule has 2 heterocycles. The minimum Gasteiger partial charge on any atom is -0.497 e. The van der Waals surface area contributed by atoms with Crippen LogP contribution in [0.3, 0.4) is 0 Å². The molecule has 6 nitrogen and oxygen atoms in total. The fourth-order valence-corrected chi connectivity index (χ4v) is 3.61. The first-order valence-electron chi connectivity index (χ1n) is 10.3. The first-order chi connectivity index (χ1) is 15.3. The zero-order valence-corrected chi connectivity index (χ0v) is 18.5. The molecule has 160 valence electrons. The fraction of sp³-hybridized carbons (Fsp3) is 0.192. The van der Waals surface area contributed by atoms with E-state index in [0.29, 0.717) is 11.4 Å². The van der Waals surface area contributed by atoms with Crippen LogP contribution in [0, 0.1) is 11.3 Å². The monoisotopic (exact) mass is 424 g/mol. The Morgan fingerprint density at radius 1 is 1.00 bits per heavy atom. The summed E-state index contributed by atoms with van der Waals surface area (Å²) >= 11 is 0. The van der Waals surface area contributed by atoms with Crippen LogP contribution in [0.2, 0.25) is 0 Å². The normalized spacial score (nSPS) is 11.2. The van der Waals surface area contributed by atoms with Gasteiger partial charge < -0.3 is 9.30 Å². The predicted octanol–water partition coefficient (Wildman–Crippen LogP) is 4.71. The lowest BCUT2D eigenvalue weighted by molar-refractivity contribution is 0.415. The molecule has 0 N–H and O–H groups in total. The molecule has 0 unspecified atom stereocenters. The maximum absolute atomic E-state index is 13.0. The number of imidazole rings is 1. The molecule has 0 fully saturated rings. The smallest absolute Gasteiger partial charge is 0.333 e. The maximum Gasteiger partial charge on any atom is 0.333 e. The first-order valence-corrected chi connectivity index (χ1v) is 10.3. The van der Waals surface area contributed by atoms with E-state index in [9.17, 15) is 10.1 Å². The molecule has 0 atom stereocenters. The Hall–Kier alpha value is -4.11. The number of ether oxygens (including phenoxy) is 1. The van der Waals surface area contributed by atoms with Crippen LogP contribution in [0.25, 0.3) is 28.2 Å². The molecule has 0 radical (unpaired) electrons. The molecule has 2 aromatic carbocycles. The number of aromatic nitrogens is 3. The molecule has 2 aromatic heterocycles. The van der Waals surface area contributed by atoms with Crippen LogP contribution >= 0.6 is 0 Å². The Kier molecular flexibility index (Phi) is 5.41. The molecular formula is C26H24N4O2. The molecule has 0 saturated carbocycles. The van der Waals surface area contributed by atoms with Crippen molar-refractivity contribution in [3.8, 4) is 40.0 Å². The van der Waals surface area contributed by atoms with E-state index < -0.39 is 5.41 Å². The summed E-state index contributed by atoms with van der Waals surface area (Å²) in [6.07, 6.45) is 3.53. The number of benzene rings is 2. The molecule has 32 heavy (non-hydrogen) atoms.